The third-order valence-electron chi connectivity index (χ3n) is 3.97. The van der Waals surface area contributed by atoms with Crippen molar-refractivity contribution >= 4 is 11.8 Å². The first-order chi connectivity index (χ1) is 8.40. The van der Waals surface area contributed by atoms with Crippen molar-refractivity contribution in [3.05, 3.63) is 35.9 Å². The molecule has 1 nitrogen and oxygen atoms in total. The largest absolute Gasteiger partial charge is 0.299 e. The molecule has 2 fully saturated rings. The second-order valence-corrected chi connectivity index (χ2v) is 6.66. The van der Waals surface area contributed by atoms with E-state index in [1.165, 1.54) is 43.0 Å². The summed E-state index contributed by atoms with van der Waals surface area (Å²) in [5.74, 6) is 4.69. The highest BCUT2D eigenvalue weighted by molar-refractivity contribution is 7.99. The van der Waals surface area contributed by atoms with Crippen LogP contribution in [-0.4, -0.2) is 29.5 Å². The molecule has 1 aromatic carbocycles. The van der Waals surface area contributed by atoms with Crippen LogP contribution in [-0.2, 0) is 6.54 Å². The molecule has 3 rings (SSSR count). The number of benzene rings is 1. The van der Waals surface area contributed by atoms with Gasteiger partial charge in [0.05, 0.1) is 0 Å². The zero-order valence-corrected chi connectivity index (χ0v) is 11.2. The summed E-state index contributed by atoms with van der Waals surface area (Å²) in [6.07, 6.45) is 2.92. The second-order valence-electron chi connectivity index (χ2n) is 5.51. The van der Waals surface area contributed by atoms with Crippen LogP contribution < -0.4 is 0 Å². The Bertz CT molecular complexity index is 337. The summed E-state index contributed by atoms with van der Waals surface area (Å²) in [7, 11) is 0. The van der Waals surface area contributed by atoms with Crippen molar-refractivity contribution in [2.75, 3.05) is 24.6 Å². The third kappa shape index (κ3) is 3.05. The second kappa shape index (κ2) is 5.45. The van der Waals surface area contributed by atoms with Gasteiger partial charge in [0, 0.05) is 19.6 Å². The van der Waals surface area contributed by atoms with Gasteiger partial charge in [-0.05, 0) is 41.7 Å². The Hall–Kier alpha value is -0.470. The zero-order valence-electron chi connectivity index (χ0n) is 10.3. The van der Waals surface area contributed by atoms with Crippen LogP contribution in [0.15, 0.2) is 30.3 Å². The van der Waals surface area contributed by atoms with Crippen molar-refractivity contribution in [2.45, 2.75) is 19.4 Å². The van der Waals surface area contributed by atoms with Gasteiger partial charge in [-0.3, -0.25) is 4.90 Å². The van der Waals surface area contributed by atoms with Crippen molar-refractivity contribution < 1.29 is 0 Å². The smallest absolute Gasteiger partial charge is 0.0233 e. The van der Waals surface area contributed by atoms with E-state index in [1.54, 1.807) is 0 Å². The maximum absolute atomic E-state index is 2.68. The molecular weight excluding hydrogens is 226 g/mol. The molecule has 17 heavy (non-hydrogen) atoms. The molecular formula is C15H21NS. The molecule has 2 aliphatic rings. The maximum atomic E-state index is 2.68. The lowest BCUT2D eigenvalue weighted by molar-refractivity contribution is 0.128. The number of likely N-dealkylation sites (tertiary alicyclic amines) is 1. The van der Waals surface area contributed by atoms with E-state index in [9.17, 15) is 0 Å². The molecule has 2 bridgehead atoms. The van der Waals surface area contributed by atoms with Gasteiger partial charge in [-0.15, -0.1) is 0 Å². The van der Waals surface area contributed by atoms with Gasteiger partial charge in [0.1, 0.15) is 0 Å². The molecule has 0 aromatic heterocycles. The molecule has 92 valence electrons. The minimum Gasteiger partial charge on any atom is -0.299 e. The Morgan fingerprint density at radius 3 is 2.82 bits per heavy atom. The van der Waals surface area contributed by atoms with E-state index >= 15 is 0 Å². The lowest BCUT2D eigenvalue weighted by Gasteiger charge is -2.36. The average molecular weight is 247 g/mol. The molecule has 0 amide bonds. The van der Waals surface area contributed by atoms with Gasteiger partial charge in [0.15, 0.2) is 0 Å². The highest BCUT2D eigenvalue weighted by Gasteiger charge is 2.28. The topological polar surface area (TPSA) is 3.24 Å². The van der Waals surface area contributed by atoms with E-state index in [1.807, 2.05) is 0 Å². The Labute approximate surface area is 109 Å². The molecule has 0 aliphatic carbocycles. The van der Waals surface area contributed by atoms with Gasteiger partial charge in [-0.2, -0.15) is 11.8 Å². The van der Waals surface area contributed by atoms with E-state index in [0.29, 0.717) is 0 Å². The van der Waals surface area contributed by atoms with Crippen molar-refractivity contribution in [3.8, 4) is 0 Å². The number of fused-ring (bicyclic) bond motifs is 2. The summed E-state index contributed by atoms with van der Waals surface area (Å²) in [5.41, 5.74) is 1.47. The van der Waals surface area contributed by atoms with Gasteiger partial charge in [0.2, 0.25) is 0 Å². The Morgan fingerprint density at radius 2 is 1.94 bits per heavy atom. The number of hydrogen-bond donors (Lipinski definition) is 0. The van der Waals surface area contributed by atoms with Gasteiger partial charge in [-0.25, -0.2) is 0 Å². The molecule has 0 N–H and O–H groups in total. The highest BCUT2D eigenvalue weighted by atomic mass is 32.2. The lowest BCUT2D eigenvalue weighted by Crippen LogP contribution is -2.40. The van der Waals surface area contributed by atoms with E-state index in [0.717, 1.165) is 18.4 Å². The summed E-state index contributed by atoms with van der Waals surface area (Å²) in [6.45, 7) is 3.79. The predicted molar refractivity (Wildman–Crippen MR) is 75.3 cm³/mol. The molecule has 2 saturated heterocycles. The fraction of sp³-hybridized carbons (Fsp3) is 0.600. The zero-order chi connectivity index (χ0) is 11.5. The first-order valence-corrected chi connectivity index (χ1v) is 7.89. The standard InChI is InChI=1S/C15H21NS/c1-2-4-13(5-3-1)9-16-10-14-6-7-17-12-15(8-14)11-16/h1-5,14-15H,6-12H2. The van der Waals surface area contributed by atoms with E-state index < -0.39 is 0 Å². The summed E-state index contributed by atoms with van der Waals surface area (Å²) in [4.78, 5) is 2.68. The fourth-order valence-electron chi connectivity index (χ4n) is 3.23. The molecule has 2 atom stereocenters. The van der Waals surface area contributed by atoms with Crippen molar-refractivity contribution in [3.63, 3.8) is 0 Å². The van der Waals surface area contributed by atoms with Crippen molar-refractivity contribution in [1.29, 1.82) is 0 Å². The number of nitrogens with zero attached hydrogens (tertiary/aromatic N) is 1. The molecule has 2 aliphatic heterocycles. The maximum Gasteiger partial charge on any atom is 0.0233 e. The lowest BCUT2D eigenvalue weighted by atomic mass is 9.88. The van der Waals surface area contributed by atoms with Crippen molar-refractivity contribution in [2.24, 2.45) is 11.8 Å². The van der Waals surface area contributed by atoms with Gasteiger partial charge in [0.25, 0.3) is 0 Å². The number of piperidine rings is 1. The van der Waals surface area contributed by atoms with E-state index in [-0.39, 0.29) is 0 Å². The van der Waals surface area contributed by atoms with Crippen LogP contribution in [0.1, 0.15) is 18.4 Å². The van der Waals surface area contributed by atoms with E-state index in [2.05, 4.69) is 47.0 Å². The minimum atomic E-state index is 0.949. The third-order valence-corrected chi connectivity index (χ3v) is 5.20. The van der Waals surface area contributed by atoms with Crippen LogP contribution in [0.25, 0.3) is 0 Å². The average Bonchev–Trinajstić information content (AvgIpc) is 2.51. The fourth-order valence-corrected chi connectivity index (χ4v) is 4.47. The number of thioether (sulfide) groups is 1. The van der Waals surface area contributed by atoms with Crippen LogP contribution in [0, 0.1) is 11.8 Å². The molecule has 1 aromatic rings. The van der Waals surface area contributed by atoms with Crippen LogP contribution in [0.5, 0.6) is 0 Å². The quantitative estimate of drug-likeness (QED) is 0.789. The summed E-state index contributed by atoms with van der Waals surface area (Å²) < 4.78 is 0. The Morgan fingerprint density at radius 1 is 1.12 bits per heavy atom. The number of rotatable bonds is 2. The predicted octanol–water partition coefficient (Wildman–Crippen LogP) is 3.26. The van der Waals surface area contributed by atoms with Gasteiger partial charge >= 0.3 is 0 Å². The monoisotopic (exact) mass is 247 g/mol. The molecule has 2 heteroatoms. The summed E-state index contributed by atoms with van der Waals surface area (Å²) >= 11 is 2.17. The van der Waals surface area contributed by atoms with Crippen LogP contribution >= 0.6 is 11.8 Å². The first kappa shape index (κ1) is 11.6. The Balaban J connectivity index is 1.64. The molecule has 2 heterocycles. The van der Waals surface area contributed by atoms with Crippen LogP contribution in [0.3, 0.4) is 0 Å². The van der Waals surface area contributed by atoms with Crippen LogP contribution in [0.4, 0.5) is 0 Å². The van der Waals surface area contributed by atoms with E-state index in [4.69, 9.17) is 0 Å². The SMILES string of the molecule is c1ccc(CN2CC3CCSCC(C3)C2)cc1. The number of hydrogen-bond acceptors (Lipinski definition) is 2. The molecule has 0 radical (unpaired) electrons. The molecule has 2 unspecified atom stereocenters. The van der Waals surface area contributed by atoms with Gasteiger partial charge < -0.3 is 0 Å². The molecule has 0 saturated carbocycles. The summed E-state index contributed by atoms with van der Waals surface area (Å²) in [6, 6.07) is 10.9. The Kier molecular flexibility index (Phi) is 3.72. The van der Waals surface area contributed by atoms with Crippen molar-refractivity contribution in [1.82, 2.24) is 4.90 Å². The first-order valence-electron chi connectivity index (χ1n) is 6.74. The van der Waals surface area contributed by atoms with Gasteiger partial charge in [-0.1, -0.05) is 30.3 Å². The normalized spacial score (nSPS) is 29.9. The molecule has 0 spiro atoms. The van der Waals surface area contributed by atoms with Crippen LogP contribution in [0.2, 0.25) is 0 Å². The minimum absolute atomic E-state index is 0.949. The summed E-state index contributed by atoms with van der Waals surface area (Å²) in [5, 5.41) is 0. The highest BCUT2D eigenvalue weighted by Crippen LogP contribution is 2.32.